The van der Waals surface area contributed by atoms with Crippen LogP contribution in [-0.2, 0) is 19.3 Å². The van der Waals surface area contributed by atoms with Crippen LogP contribution in [0.5, 0.6) is 11.5 Å². The number of carbonyl (C=O) groups excluding carboxylic acids is 1. The van der Waals surface area contributed by atoms with E-state index in [4.69, 9.17) is 9.47 Å². The summed E-state index contributed by atoms with van der Waals surface area (Å²) in [5.41, 5.74) is 1.39. The van der Waals surface area contributed by atoms with Gasteiger partial charge >= 0.3 is 5.97 Å². The zero-order chi connectivity index (χ0) is 29.9. The molecule has 226 valence electrons. The number of ether oxygens (including phenoxy) is 2. The topological polar surface area (TPSA) is 160 Å². The van der Waals surface area contributed by atoms with Crippen LogP contribution in [0.2, 0.25) is 0 Å². The molecule has 2 saturated heterocycles. The number of hydrogen-bond acceptors (Lipinski definition) is 12. The van der Waals surface area contributed by atoms with Crippen molar-refractivity contribution >= 4 is 21.6 Å². The van der Waals surface area contributed by atoms with Crippen molar-refractivity contribution in [2.45, 2.75) is 26.2 Å². The van der Waals surface area contributed by atoms with Gasteiger partial charge in [-0.25, -0.2) is 18.2 Å². The Morgan fingerprint density at radius 3 is 2.45 bits per heavy atom. The van der Waals surface area contributed by atoms with Gasteiger partial charge in [0.2, 0.25) is 5.82 Å². The fourth-order valence-electron chi connectivity index (χ4n) is 5.05. The van der Waals surface area contributed by atoms with E-state index >= 15 is 0 Å². The average molecular weight is 601 g/mol. The van der Waals surface area contributed by atoms with Gasteiger partial charge in [0.15, 0.2) is 15.7 Å². The fraction of sp³-hybridized carbons (Fsp3) is 0.500. The minimum absolute atomic E-state index is 0.0419. The van der Waals surface area contributed by atoms with E-state index in [9.17, 15) is 23.4 Å². The van der Waals surface area contributed by atoms with Gasteiger partial charge in [-0.3, -0.25) is 4.57 Å². The summed E-state index contributed by atoms with van der Waals surface area (Å²) >= 11 is 0. The number of carbonyl (C=O) groups is 1. The van der Waals surface area contributed by atoms with Crippen LogP contribution >= 0.6 is 0 Å². The third kappa shape index (κ3) is 6.66. The number of pyridine rings is 1. The van der Waals surface area contributed by atoms with Crippen LogP contribution in [0, 0.1) is 0 Å². The molecule has 42 heavy (non-hydrogen) atoms. The smallest absolute Gasteiger partial charge is 0.376 e. The van der Waals surface area contributed by atoms with Gasteiger partial charge in [-0.15, -0.1) is 10.2 Å². The second kappa shape index (κ2) is 12.6. The quantitative estimate of drug-likeness (QED) is 0.272. The molecule has 0 bridgehead atoms. The van der Waals surface area contributed by atoms with Crippen LogP contribution < -0.4 is 4.90 Å². The van der Waals surface area contributed by atoms with E-state index in [2.05, 4.69) is 20.1 Å². The van der Waals surface area contributed by atoms with Crippen molar-refractivity contribution in [3.8, 4) is 28.6 Å². The molecule has 3 aromatic rings. The number of rotatable bonds is 9. The lowest BCUT2D eigenvalue weighted by atomic mass is 9.98. The molecular formula is C28H36N6O7S. The molecule has 0 saturated carbocycles. The number of anilines is 1. The Labute approximate surface area is 244 Å². The molecule has 0 unspecified atom stereocenters. The lowest BCUT2D eigenvalue weighted by Crippen LogP contribution is -2.40. The molecule has 2 aliphatic rings. The Balaban J connectivity index is 1.40. The SMILES string of the molecule is CC(C)c1cc(-c2nnc(C(=O)OCCCN3CCS(=O)(=O)CC3)n2-c2ccc(N3CCOCC3)nc2)c(O)cc1O. The van der Waals surface area contributed by atoms with Crippen molar-refractivity contribution in [3.05, 3.63) is 41.9 Å². The van der Waals surface area contributed by atoms with E-state index in [-0.39, 0.29) is 47.2 Å². The van der Waals surface area contributed by atoms with Crippen LogP contribution in [0.4, 0.5) is 5.82 Å². The highest BCUT2D eigenvalue weighted by Gasteiger charge is 2.26. The molecule has 0 spiro atoms. The summed E-state index contributed by atoms with van der Waals surface area (Å²) in [6, 6.07) is 6.54. The maximum atomic E-state index is 13.3. The molecule has 2 N–H and O–H groups in total. The second-order valence-electron chi connectivity index (χ2n) is 10.7. The highest BCUT2D eigenvalue weighted by Crippen LogP contribution is 2.38. The molecular weight excluding hydrogens is 564 g/mol. The number of morpholine rings is 1. The van der Waals surface area contributed by atoms with Gasteiger partial charge in [-0.2, -0.15) is 0 Å². The second-order valence-corrected chi connectivity index (χ2v) is 13.0. The number of sulfone groups is 1. The van der Waals surface area contributed by atoms with E-state index in [0.29, 0.717) is 69.2 Å². The molecule has 0 atom stereocenters. The lowest BCUT2D eigenvalue weighted by Gasteiger charge is -2.27. The number of phenolic OH excluding ortho intramolecular Hbond substituents is 2. The Morgan fingerprint density at radius 1 is 1.05 bits per heavy atom. The fourth-order valence-corrected chi connectivity index (χ4v) is 6.33. The summed E-state index contributed by atoms with van der Waals surface area (Å²) < 4.78 is 35.8. The number of benzene rings is 1. The molecule has 4 heterocycles. The average Bonchev–Trinajstić information content (AvgIpc) is 3.41. The lowest BCUT2D eigenvalue weighted by molar-refractivity contribution is 0.0472. The van der Waals surface area contributed by atoms with Crippen LogP contribution in [0.1, 0.15) is 42.4 Å². The molecule has 2 aliphatic heterocycles. The molecule has 0 radical (unpaired) electrons. The van der Waals surface area contributed by atoms with Gasteiger partial charge < -0.3 is 29.5 Å². The molecule has 5 rings (SSSR count). The minimum Gasteiger partial charge on any atom is -0.508 e. The summed E-state index contributed by atoms with van der Waals surface area (Å²) in [6.07, 6.45) is 2.14. The highest BCUT2D eigenvalue weighted by atomic mass is 32.2. The first-order valence-electron chi connectivity index (χ1n) is 14.0. The summed E-state index contributed by atoms with van der Waals surface area (Å²) in [7, 11) is -2.96. The van der Waals surface area contributed by atoms with Crippen molar-refractivity contribution in [2.75, 3.05) is 69.0 Å². The maximum absolute atomic E-state index is 13.3. The predicted molar refractivity (Wildman–Crippen MR) is 155 cm³/mol. The number of hydrogen-bond donors (Lipinski definition) is 2. The Hall–Kier alpha value is -3.75. The normalized spacial score (nSPS) is 17.5. The van der Waals surface area contributed by atoms with Crippen LogP contribution in [0.25, 0.3) is 17.1 Å². The van der Waals surface area contributed by atoms with Gasteiger partial charge in [0.1, 0.15) is 17.3 Å². The number of esters is 1. The van der Waals surface area contributed by atoms with Crippen LogP contribution in [-0.4, -0.2) is 113 Å². The molecule has 1 aromatic carbocycles. The first kappa shape index (κ1) is 29.7. The van der Waals surface area contributed by atoms with E-state index < -0.39 is 15.8 Å². The van der Waals surface area contributed by atoms with Crippen molar-refractivity contribution in [1.29, 1.82) is 0 Å². The number of nitrogens with zero attached hydrogens (tertiary/aromatic N) is 6. The molecule has 0 aliphatic carbocycles. The van der Waals surface area contributed by atoms with E-state index in [1.54, 1.807) is 18.3 Å². The maximum Gasteiger partial charge on any atom is 0.376 e. The molecule has 2 aromatic heterocycles. The largest absolute Gasteiger partial charge is 0.508 e. The Morgan fingerprint density at radius 2 is 1.79 bits per heavy atom. The van der Waals surface area contributed by atoms with Gasteiger partial charge in [0.25, 0.3) is 0 Å². The molecule has 14 heteroatoms. The molecule has 0 amide bonds. The van der Waals surface area contributed by atoms with Crippen molar-refractivity contribution in [3.63, 3.8) is 0 Å². The summed E-state index contributed by atoms with van der Waals surface area (Å²) in [5.74, 6) is 0.145. The van der Waals surface area contributed by atoms with Gasteiger partial charge in [-0.05, 0) is 36.1 Å². The standard InChI is InChI=1S/C28H36N6O7S/c1-19(2)21-16-22(24(36)17-23(21)35)26-30-31-27(28(37)41-11-3-6-32-9-14-42(38,39)15-10-32)34(26)20-4-5-25(29-18-20)33-7-12-40-13-8-33/h4-5,16-19,35-36H,3,6-15H2,1-2H3. The predicted octanol–water partition coefficient (Wildman–Crippen LogP) is 1.98. The third-order valence-corrected chi connectivity index (χ3v) is 9.08. The first-order chi connectivity index (χ1) is 20.1. The first-order valence-corrected chi connectivity index (χ1v) is 15.9. The van der Waals surface area contributed by atoms with Crippen molar-refractivity contribution in [1.82, 2.24) is 24.6 Å². The summed E-state index contributed by atoms with van der Waals surface area (Å²) in [4.78, 5) is 22.0. The number of aromatic nitrogens is 4. The Kier molecular flexibility index (Phi) is 8.94. The Bertz CT molecular complexity index is 1500. The van der Waals surface area contributed by atoms with Gasteiger partial charge in [0, 0.05) is 38.8 Å². The number of aromatic hydroxyl groups is 2. The van der Waals surface area contributed by atoms with E-state index in [1.807, 2.05) is 24.8 Å². The zero-order valence-electron chi connectivity index (χ0n) is 23.8. The van der Waals surface area contributed by atoms with Crippen LogP contribution in [0.15, 0.2) is 30.5 Å². The molecule has 2 fully saturated rings. The van der Waals surface area contributed by atoms with Gasteiger partial charge in [0.05, 0.1) is 48.8 Å². The highest BCUT2D eigenvalue weighted by molar-refractivity contribution is 7.91. The van der Waals surface area contributed by atoms with E-state index in [1.165, 1.54) is 10.6 Å². The number of phenols is 2. The van der Waals surface area contributed by atoms with Crippen molar-refractivity contribution < 1.29 is 32.9 Å². The monoisotopic (exact) mass is 600 g/mol. The third-order valence-electron chi connectivity index (χ3n) is 7.47. The van der Waals surface area contributed by atoms with E-state index in [0.717, 1.165) is 5.82 Å². The zero-order valence-corrected chi connectivity index (χ0v) is 24.6. The molecule has 13 nitrogen and oxygen atoms in total. The summed E-state index contributed by atoms with van der Waals surface area (Å²) in [6.45, 7) is 8.15. The van der Waals surface area contributed by atoms with Crippen molar-refractivity contribution in [2.24, 2.45) is 0 Å². The van der Waals surface area contributed by atoms with Crippen LogP contribution in [0.3, 0.4) is 0 Å². The minimum atomic E-state index is -2.96. The summed E-state index contributed by atoms with van der Waals surface area (Å²) in [5, 5.41) is 29.5. The van der Waals surface area contributed by atoms with Gasteiger partial charge in [-0.1, -0.05) is 13.8 Å².